The first-order valence-corrected chi connectivity index (χ1v) is 7.88. The third-order valence-corrected chi connectivity index (χ3v) is 5.17. The molecule has 1 aliphatic heterocycles. The number of rotatable bonds is 4. The average Bonchev–Trinajstić information content (AvgIpc) is 2.42. The Morgan fingerprint density at radius 2 is 2.11 bits per heavy atom. The van der Waals surface area contributed by atoms with Gasteiger partial charge in [0.1, 0.15) is 0 Å². The lowest BCUT2D eigenvalue weighted by molar-refractivity contribution is 0.185. The van der Waals surface area contributed by atoms with E-state index in [4.69, 9.17) is 5.73 Å². The zero-order chi connectivity index (χ0) is 13.0. The van der Waals surface area contributed by atoms with Crippen molar-refractivity contribution in [2.45, 2.75) is 25.3 Å². The van der Waals surface area contributed by atoms with Gasteiger partial charge < -0.3 is 5.73 Å². The zero-order valence-electron chi connectivity index (χ0n) is 11.4. The van der Waals surface area contributed by atoms with Crippen molar-refractivity contribution in [3.63, 3.8) is 0 Å². The zero-order valence-corrected chi connectivity index (χ0v) is 12.2. The van der Waals surface area contributed by atoms with Crippen LogP contribution in [0.2, 0.25) is 0 Å². The smallest absolute Gasteiger partial charge is 0.0174 e. The van der Waals surface area contributed by atoms with Gasteiger partial charge in [0, 0.05) is 42.6 Å². The van der Waals surface area contributed by atoms with E-state index in [0.29, 0.717) is 12.6 Å². The lowest BCUT2D eigenvalue weighted by Crippen LogP contribution is -2.50. The van der Waals surface area contributed by atoms with Crippen LogP contribution in [0.15, 0.2) is 30.3 Å². The second kappa shape index (κ2) is 6.09. The van der Waals surface area contributed by atoms with Crippen molar-refractivity contribution < 1.29 is 0 Å². The molecule has 2 nitrogen and oxygen atoms in total. The Kier molecular flexibility index (Phi) is 4.71. The third kappa shape index (κ3) is 3.08. The van der Waals surface area contributed by atoms with Crippen molar-refractivity contribution >= 4 is 11.8 Å². The molecule has 1 fully saturated rings. The summed E-state index contributed by atoms with van der Waals surface area (Å²) in [5.74, 6) is 2.50. The molecule has 18 heavy (non-hydrogen) atoms. The minimum atomic E-state index is 0.0670. The quantitative estimate of drug-likeness (QED) is 0.905. The highest BCUT2D eigenvalue weighted by molar-refractivity contribution is 7.99. The van der Waals surface area contributed by atoms with Gasteiger partial charge in [-0.25, -0.2) is 0 Å². The molecule has 1 aromatic carbocycles. The number of thioether (sulfide) groups is 1. The van der Waals surface area contributed by atoms with Gasteiger partial charge in [0.25, 0.3) is 0 Å². The molecule has 0 amide bonds. The van der Waals surface area contributed by atoms with Crippen LogP contribution in [0.1, 0.15) is 19.4 Å². The Morgan fingerprint density at radius 3 is 2.72 bits per heavy atom. The summed E-state index contributed by atoms with van der Waals surface area (Å²) in [6.07, 6.45) is 0. The van der Waals surface area contributed by atoms with Crippen molar-refractivity contribution in [3.8, 4) is 0 Å². The Labute approximate surface area is 115 Å². The first-order valence-electron chi connectivity index (χ1n) is 6.73. The van der Waals surface area contributed by atoms with Gasteiger partial charge in [-0.15, -0.1) is 0 Å². The summed E-state index contributed by atoms with van der Waals surface area (Å²) in [5.41, 5.74) is 7.50. The minimum absolute atomic E-state index is 0.0670. The Bertz CT molecular complexity index is 368. The summed E-state index contributed by atoms with van der Waals surface area (Å²) in [5, 5.41) is 0. The van der Waals surface area contributed by atoms with Crippen molar-refractivity contribution in [3.05, 3.63) is 35.9 Å². The van der Waals surface area contributed by atoms with Crippen molar-refractivity contribution in [1.82, 2.24) is 4.90 Å². The number of benzene rings is 1. The van der Waals surface area contributed by atoms with Gasteiger partial charge in [0.15, 0.2) is 0 Å². The van der Waals surface area contributed by atoms with E-state index in [2.05, 4.69) is 60.8 Å². The van der Waals surface area contributed by atoms with Gasteiger partial charge in [-0.2, -0.15) is 11.8 Å². The fourth-order valence-electron chi connectivity index (χ4n) is 2.56. The summed E-state index contributed by atoms with van der Waals surface area (Å²) in [4.78, 5) is 2.59. The summed E-state index contributed by atoms with van der Waals surface area (Å²) in [6.45, 7) is 7.57. The highest BCUT2D eigenvalue weighted by atomic mass is 32.2. The molecule has 2 unspecified atom stereocenters. The minimum Gasteiger partial charge on any atom is -0.330 e. The maximum absolute atomic E-state index is 6.07. The molecule has 1 aromatic rings. The first kappa shape index (κ1) is 13.9. The number of hydrogen-bond donors (Lipinski definition) is 1. The van der Waals surface area contributed by atoms with Gasteiger partial charge in [-0.05, 0) is 12.5 Å². The maximum atomic E-state index is 6.07. The predicted molar refractivity (Wildman–Crippen MR) is 81.2 cm³/mol. The van der Waals surface area contributed by atoms with E-state index in [-0.39, 0.29) is 5.41 Å². The standard InChI is InChI=1S/C15H24N2S/c1-13-10-18-9-8-17(13)12-15(2,11-16)14-6-4-3-5-7-14/h3-7,13H,8-12,16H2,1-2H3. The van der Waals surface area contributed by atoms with Crippen LogP contribution in [-0.2, 0) is 5.41 Å². The second-order valence-electron chi connectivity index (χ2n) is 5.53. The Balaban J connectivity index is 2.12. The number of nitrogens with zero attached hydrogens (tertiary/aromatic N) is 1. The maximum Gasteiger partial charge on any atom is 0.0174 e. The lowest BCUT2D eigenvalue weighted by Gasteiger charge is -2.40. The first-order chi connectivity index (χ1) is 8.65. The van der Waals surface area contributed by atoms with Crippen molar-refractivity contribution in [2.24, 2.45) is 5.73 Å². The van der Waals surface area contributed by atoms with Crippen molar-refractivity contribution in [2.75, 3.05) is 31.1 Å². The van der Waals surface area contributed by atoms with Gasteiger partial charge in [-0.3, -0.25) is 4.90 Å². The normalized spacial score (nSPS) is 24.7. The van der Waals surface area contributed by atoms with Crippen LogP contribution in [0.4, 0.5) is 0 Å². The van der Waals surface area contributed by atoms with Crippen LogP contribution >= 0.6 is 11.8 Å². The number of nitrogens with two attached hydrogens (primary N) is 1. The Hall–Kier alpha value is -0.510. The molecule has 1 heterocycles. The predicted octanol–water partition coefficient (Wildman–Crippen LogP) is 2.34. The molecule has 100 valence electrons. The van der Waals surface area contributed by atoms with Crippen molar-refractivity contribution in [1.29, 1.82) is 0 Å². The fraction of sp³-hybridized carbons (Fsp3) is 0.600. The SMILES string of the molecule is CC1CSCCN1CC(C)(CN)c1ccccc1. The molecule has 1 saturated heterocycles. The Morgan fingerprint density at radius 1 is 1.39 bits per heavy atom. The largest absolute Gasteiger partial charge is 0.330 e. The molecule has 1 aliphatic rings. The molecule has 2 N–H and O–H groups in total. The average molecular weight is 264 g/mol. The van der Waals surface area contributed by atoms with Gasteiger partial charge in [0.05, 0.1) is 0 Å². The topological polar surface area (TPSA) is 29.3 Å². The van der Waals surface area contributed by atoms with E-state index in [1.807, 2.05) is 0 Å². The highest BCUT2D eigenvalue weighted by Crippen LogP contribution is 2.26. The van der Waals surface area contributed by atoms with Crippen LogP contribution in [0.25, 0.3) is 0 Å². The highest BCUT2D eigenvalue weighted by Gasteiger charge is 2.30. The number of hydrogen-bond acceptors (Lipinski definition) is 3. The van der Waals surface area contributed by atoms with Gasteiger partial charge in [-0.1, -0.05) is 37.3 Å². The molecule has 0 bridgehead atoms. The van der Waals surface area contributed by atoms with Gasteiger partial charge in [0.2, 0.25) is 0 Å². The molecule has 2 rings (SSSR count). The van der Waals surface area contributed by atoms with Crippen LogP contribution < -0.4 is 5.73 Å². The molecule has 0 radical (unpaired) electrons. The summed E-state index contributed by atoms with van der Waals surface area (Å²) < 4.78 is 0. The molecule has 0 spiro atoms. The van der Waals surface area contributed by atoms with E-state index in [0.717, 1.165) is 6.54 Å². The van der Waals surface area contributed by atoms with E-state index >= 15 is 0 Å². The second-order valence-corrected chi connectivity index (χ2v) is 6.68. The molecule has 3 heteroatoms. The van der Waals surface area contributed by atoms with Crippen LogP contribution in [0.5, 0.6) is 0 Å². The summed E-state index contributed by atoms with van der Waals surface area (Å²) in [7, 11) is 0. The molecular weight excluding hydrogens is 240 g/mol. The summed E-state index contributed by atoms with van der Waals surface area (Å²) >= 11 is 2.06. The van der Waals surface area contributed by atoms with E-state index in [1.165, 1.54) is 23.6 Å². The monoisotopic (exact) mass is 264 g/mol. The van der Waals surface area contributed by atoms with E-state index in [1.54, 1.807) is 0 Å². The van der Waals surface area contributed by atoms with Crippen LogP contribution in [0, 0.1) is 0 Å². The van der Waals surface area contributed by atoms with E-state index in [9.17, 15) is 0 Å². The molecule has 0 saturated carbocycles. The van der Waals surface area contributed by atoms with Gasteiger partial charge >= 0.3 is 0 Å². The van der Waals surface area contributed by atoms with Crippen LogP contribution in [0.3, 0.4) is 0 Å². The fourth-order valence-corrected chi connectivity index (χ4v) is 3.64. The lowest BCUT2D eigenvalue weighted by atomic mass is 9.81. The molecule has 0 aliphatic carbocycles. The molecule has 2 atom stereocenters. The van der Waals surface area contributed by atoms with Crippen LogP contribution in [-0.4, -0.2) is 42.1 Å². The van der Waals surface area contributed by atoms with E-state index < -0.39 is 0 Å². The summed E-state index contributed by atoms with van der Waals surface area (Å²) in [6, 6.07) is 11.4. The third-order valence-electron chi connectivity index (χ3n) is 3.98. The molecule has 0 aromatic heterocycles. The molecular formula is C15H24N2S.